The van der Waals surface area contributed by atoms with E-state index in [9.17, 15) is 4.39 Å². The molecule has 3 aromatic carbocycles. The summed E-state index contributed by atoms with van der Waals surface area (Å²) in [5, 5.41) is 3.42. The van der Waals surface area contributed by atoms with Crippen molar-refractivity contribution < 1.29 is 9.13 Å². The number of hydrogen-bond acceptors (Lipinski definition) is 2. The molecule has 3 rings (SSSR count). The second-order valence-electron chi connectivity index (χ2n) is 6.47. The van der Waals surface area contributed by atoms with Crippen LogP contribution in [-0.4, -0.2) is 6.54 Å². The summed E-state index contributed by atoms with van der Waals surface area (Å²) in [7, 11) is 0. The van der Waals surface area contributed by atoms with Gasteiger partial charge in [0.25, 0.3) is 0 Å². The Bertz CT molecular complexity index is 812. The minimum Gasteiger partial charge on any atom is -0.489 e. The van der Waals surface area contributed by atoms with Gasteiger partial charge in [-0.2, -0.15) is 0 Å². The van der Waals surface area contributed by atoms with E-state index < -0.39 is 0 Å². The third kappa shape index (κ3) is 5.71. The van der Waals surface area contributed by atoms with Crippen LogP contribution in [0.1, 0.15) is 22.3 Å². The summed E-state index contributed by atoms with van der Waals surface area (Å²) in [5.41, 5.74) is 4.74. The number of halogens is 1. The fourth-order valence-electron chi connectivity index (χ4n) is 2.71. The van der Waals surface area contributed by atoms with E-state index in [-0.39, 0.29) is 5.82 Å². The number of ether oxygens (including phenoxy) is 1. The summed E-state index contributed by atoms with van der Waals surface area (Å²) in [6.45, 7) is 4.28. The minimum atomic E-state index is -0.191. The fraction of sp³-hybridized carbons (Fsp3) is 0.217. The third-order valence-electron chi connectivity index (χ3n) is 4.26. The number of benzene rings is 3. The third-order valence-corrected chi connectivity index (χ3v) is 4.26. The minimum absolute atomic E-state index is 0.191. The Morgan fingerprint density at radius 1 is 0.846 bits per heavy atom. The molecule has 0 aliphatic rings. The summed E-state index contributed by atoms with van der Waals surface area (Å²) >= 11 is 0. The Kier molecular flexibility index (Phi) is 6.39. The van der Waals surface area contributed by atoms with E-state index in [0.29, 0.717) is 6.61 Å². The van der Waals surface area contributed by atoms with Crippen LogP contribution in [0.5, 0.6) is 5.75 Å². The smallest absolute Gasteiger partial charge is 0.123 e. The first-order chi connectivity index (χ1) is 12.7. The molecule has 3 aromatic rings. The second-order valence-corrected chi connectivity index (χ2v) is 6.47. The Morgan fingerprint density at radius 3 is 2.35 bits per heavy atom. The fourth-order valence-corrected chi connectivity index (χ4v) is 2.71. The van der Waals surface area contributed by atoms with Crippen molar-refractivity contribution in [2.45, 2.75) is 26.5 Å². The predicted molar refractivity (Wildman–Crippen MR) is 104 cm³/mol. The number of aryl methyl sites for hydroxylation is 1. The predicted octanol–water partition coefficient (Wildman–Crippen LogP) is 5.05. The lowest BCUT2D eigenvalue weighted by atomic mass is 10.1. The monoisotopic (exact) mass is 349 g/mol. The SMILES string of the molecule is Cc1ccc(COc2cccc(CNCCc3ccc(F)cc3)c2)cc1. The largest absolute Gasteiger partial charge is 0.489 e. The average molecular weight is 349 g/mol. The van der Waals surface area contributed by atoms with Gasteiger partial charge in [0.2, 0.25) is 0 Å². The Hall–Kier alpha value is -2.65. The van der Waals surface area contributed by atoms with Crippen LogP contribution < -0.4 is 10.1 Å². The Labute approximate surface area is 154 Å². The van der Waals surface area contributed by atoms with Crippen molar-refractivity contribution in [2.24, 2.45) is 0 Å². The highest BCUT2D eigenvalue weighted by molar-refractivity contribution is 5.29. The maximum absolute atomic E-state index is 12.9. The van der Waals surface area contributed by atoms with Gasteiger partial charge in [0.15, 0.2) is 0 Å². The van der Waals surface area contributed by atoms with Crippen molar-refractivity contribution in [1.82, 2.24) is 5.32 Å². The zero-order chi connectivity index (χ0) is 18.2. The molecule has 0 aliphatic carbocycles. The zero-order valence-corrected chi connectivity index (χ0v) is 15.0. The van der Waals surface area contributed by atoms with Crippen LogP contribution in [0.25, 0.3) is 0 Å². The summed E-state index contributed by atoms with van der Waals surface area (Å²) in [4.78, 5) is 0. The van der Waals surface area contributed by atoms with Gasteiger partial charge < -0.3 is 10.1 Å². The van der Waals surface area contributed by atoms with Gasteiger partial charge in [-0.05, 0) is 60.8 Å². The summed E-state index contributed by atoms with van der Waals surface area (Å²) in [5.74, 6) is 0.688. The van der Waals surface area contributed by atoms with E-state index in [1.807, 2.05) is 24.3 Å². The van der Waals surface area contributed by atoms with Gasteiger partial charge >= 0.3 is 0 Å². The Balaban J connectivity index is 1.44. The van der Waals surface area contributed by atoms with Crippen LogP contribution in [0, 0.1) is 12.7 Å². The first kappa shape index (κ1) is 18.2. The molecule has 0 bridgehead atoms. The summed E-state index contributed by atoms with van der Waals surface area (Å²) < 4.78 is 18.8. The van der Waals surface area contributed by atoms with Crippen LogP contribution in [0.15, 0.2) is 72.8 Å². The van der Waals surface area contributed by atoms with Crippen LogP contribution >= 0.6 is 0 Å². The second kappa shape index (κ2) is 9.16. The molecule has 0 saturated heterocycles. The zero-order valence-electron chi connectivity index (χ0n) is 15.0. The lowest BCUT2D eigenvalue weighted by molar-refractivity contribution is 0.306. The standard InChI is InChI=1S/C23H24FNO/c1-18-5-7-20(8-6-18)17-26-23-4-2-3-21(15-23)16-25-14-13-19-9-11-22(24)12-10-19/h2-12,15,25H,13-14,16-17H2,1H3. The van der Waals surface area contributed by atoms with Gasteiger partial charge in [0.1, 0.15) is 18.2 Å². The quantitative estimate of drug-likeness (QED) is 0.575. The van der Waals surface area contributed by atoms with Crippen molar-refractivity contribution in [1.29, 1.82) is 0 Å². The molecule has 26 heavy (non-hydrogen) atoms. The van der Waals surface area contributed by atoms with E-state index in [1.54, 1.807) is 0 Å². The molecule has 3 heteroatoms. The molecule has 0 aromatic heterocycles. The van der Waals surface area contributed by atoms with E-state index in [1.165, 1.54) is 28.8 Å². The van der Waals surface area contributed by atoms with Crippen molar-refractivity contribution in [3.05, 3.63) is 101 Å². The molecule has 0 atom stereocenters. The number of hydrogen-bond donors (Lipinski definition) is 1. The van der Waals surface area contributed by atoms with E-state index in [0.717, 1.165) is 30.8 Å². The molecule has 0 aliphatic heterocycles. The first-order valence-corrected chi connectivity index (χ1v) is 8.91. The van der Waals surface area contributed by atoms with E-state index >= 15 is 0 Å². The first-order valence-electron chi connectivity index (χ1n) is 8.91. The number of nitrogens with one attached hydrogen (secondary N) is 1. The van der Waals surface area contributed by atoms with Crippen LogP contribution in [0.4, 0.5) is 4.39 Å². The van der Waals surface area contributed by atoms with Gasteiger partial charge in [-0.25, -0.2) is 4.39 Å². The van der Waals surface area contributed by atoms with Gasteiger partial charge in [0.05, 0.1) is 0 Å². The van der Waals surface area contributed by atoms with Crippen LogP contribution in [0.3, 0.4) is 0 Å². The molecular formula is C23H24FNO. The molecule has 134 valence electrons. The lowest BCUT2D eigenvalue weighted by Crippen LogP contribution is -2.16. The topological polar surface area (TPSA) is 21.3 Å². The molecule has 0 amide bonds. The molecule has 1 N–H and O–H groups in total. The van der Waals surface area contributed by atoms with Crippen LogP contribution in [0.2, 0.25) is 0 Å². The van der Waals surface area contributed by atoms with Crippen molar-refractivity contribution >= 4 is 0 Å². The van der Waals surface area contributed by atoms with Gasteiger partial charge in [-0.15, -0.1) is 0 Å². The van der Waals surface area contributed by atoms with E-state index in [4.69, 9.17) is 4.74 Å². The molecule has 0 radical (unpaired) electrons. The van der Waals surface area contributed by atoms with Gasteiger partial charge in [0, 0.05) is 6.54 Å². The molecular weight excluding hydrogens is 325 g/mol. The highest BCUT2D eigenvalue weighted by atomic mass is 19.1. The highest BCUT2D eigenvalue weighted by Crippen LogP contribution is 2.15. The normalized spacial score (nSPS) is 10.7. The van der Waals surface area contributed by atoms with Crippen molar-refractivity contribution in [2.75, 3.05) is 6.54 Å². The summed E-state index contributed by atoms with van der Waals surface area (Å²) in [6.07, 6.45) is 0.879. The van der Waals surface area contributed by atoms with Gasteiger partial charge in [-0.1, -0.05) is 54.1 Å². The number of rotatable bonds is 8. The average Bonchev–Trinajstić information content (AvgIpc) is 2.67. The summed E-state index contributed by atoms with van der Waals surface area (Å²) in [6, 6.07) is 23.2. The molecule has 0 unspecified atom stereocenters. The maximum atomic E-state index is 12.9. The van der Waals surface area contributed by atoms with Crippen molar-refractivity contribution in [3.63, 3.8) is 0 Å². The molecule has 0 fully saturated rings. The maximum Gasteiger partial charge on any atom is 0.123 e. The molecule has 0 spiro atoms. The Morgan fingerprint density at radius 2 is 1.58 bits per heavy atom. The van der Waals surface area contributed by atoms with Crippen molar-refractivity contribution in [3.8, 4) is 5.75 Å². The molecule has 0 heterocycles. The molecule has 0 saturated carbocycles. The lowest BCUT2D eigenvalue weighted by Gasteiger charge is -2.09. The highest BCUT2D eigenvalue weighted by Gasteiger charge is 2.00. The van der Waals surface area contributed by atoms with Gasteiger partial charge in [-0.3, -0.25) is 0 Å². The van der Waals surface area contributed by atoms with Crippen LogP contribution in [-0.2, 0) is 19.6 Å². The van der Waals surface area contributed by atoms with E-state index in [2.05, 4.69) is 48.6 Å². The molecule has 2 nitrogen and oxygen atoms in total.